The number of rotatable bonds is 2. The van der Waals surface area contributed by atoms with Gasteiger partial charge in [-0.05, 0) is 35.7 Å². The summed E-state index contributed by atoms with van der Waals surface area (Å²) in [6, 6.07) is 13.1. The third-order valence-corrected chi connectivity index (χ3v) is 4.40. The second-order valence-corrected chi connectivity index (χ2v) is 6.12. The highest BCUT2D eigenvalue weighted by Gasteiger charge is 2.38. The molecule has 0 saturated carbocycles. The lowest BCUT2D eigenvalue weighted by Gasteiger charge is -2.15. The molecule has 0 aliphatic carbocycles. The molecule has 1 aromatic heterocycles. The molecule has 4 heteroatoms. The normalized spacial score (nSPS) is 14.1. The zero-order chi connectivity index (χ0) is 16.1. The molecular formula is C19H16N2O2. The lowest BCUT2D eigenvalue weighted by molar-refractivity contribution is 0.0926. The number of nitrogens with one attached hydrogen (secondary N) is 1. The minimum atomic E-state index is -0.268. The number of carbonyl (C=O) groups is 2. The first-order valence-corrected chi connectivity index (χ1v) is 7.67. The van der Waals surface area contributed by atoms with Crippen molar-refractivity contribution in [2.75, 3.05) is 4.90 Å². The van der Waals surface area contributed by atoms with Crippen LogP contribution in [0.4, 0.5) is 5.69 Å². The molecular weight excluding hydrogens is 288 g/mol. The molecule has 4 nitrogen and oxygen atoms in total. The third-order valence-electron chi connectivity index (χ3n) is 4.40. The fourth-order valence-corrected chi connectivity index (χ4v) is 3.10. The average Bonchev–Trinajstić information content (AvgIpc) is 3.11. The minimum absolute atomic E-state index is 0.265. The molecule has 0 spiro atoms. The van der Waals surface area contributed by atoms with Crippen LogP contribution in [0.25, 0.3) is 10.9 Å². The number of nitrogens with zero attached hydrogens (tertiary/aromatic N) is 1. The van der Waals surface area contributed by atoms with E-state index in [-0.39, 0.29) is 11.8 Å². The summed E-state index contributed by atoms with van der Waals surface area (Å²) < 4.78 is 0. The van der Waals surface area contributed by atoms with Gasteiger partial charge in [0.05, 0.1) is 22.3 Å². The van der Waals surface area contributed by atoms with Gasteiger partial charge in [0.1, 0.15) is 0 Å². The SMILES string of the molecule is CC(C)c1ccc(N2C(=O)c3ccc4cc[nH]c4c3C2=O)cc1. The van der Waals surface area contributed by atoms with Crippen LogP contribution in [0.5, 0.6) is 0 Å². The van der Waals surface area contributed by atoms with Crippen molar-refractivity contribution in [1.82, 2.24) is 4.98 Å². The maximum atomic E-state index is 12.8. The Hall–Kier alpha value is -2.88. The van der Waals surface area contributed by atoms with Crippen molar-refractivity contribution in [2.45, 2.75) is 19.8 Å². The second kappa shape index (κ2) is 4.81. The zero-order valence-corrected chi connectivity index (χ0v) is 13.0. The van der Waals surface area contributed by atoms with E-state index in [4.69, 9.17) is 0 Å². The number of benzene rings is 2. The van der Waals surface area contributed by atoms with E-state index in [2.05, 4.69) is 18.8 Å². The minimum Gasteiger partial charge on any atom is -0.361 e. The highest BCUT2D eigenvalue weighted by Crippen LogP contribution is 2.33. The van der Waals surface area contributed by atoms with Crippen LogP contribution >= 0.6 is 0 Å². The molecule has 1 N–H and O–H groups in total. The molecule has 4 rings (SSSR count). The molecule has 0 saturated heterocycles. The molecule has 2 heterocycles. The van der Waals surface area contributed by atoms with E-state index in [0.717, 1.165) is 10.9 Å². The highest BCUT2D eigenvalue weighted by atomic mass is 16.2. The first-order valence-electron chi connectivity index (χ1n) is 7.67. The van der Waals surface area contributed by atoms with Gasteiger partial charge in [0.2, 0.25) is 0 Å². The third kappa shape index (κ3) is 1.91. The van der Waals surface area contributed by atoms with Crippen LogP contribution in [-0.2, 0) is 0 Å². The van der Waals surface area contributed by atoms with Crippen LogP contribution in [0.1, 0.15) is 46.0 Å². The summed E-state index contributed by atoms with van der Waals surface area (Å²) in [5, 5.41) is 0.932. The van der Waals surface area contributed by atoms with Gasteiger partial charge in [0.15, 0.2) is 0 Å². The quantitative estimate of drug-likeness (QED) is 0.725. The average molecular weight is 304 g/mol. The van der Waals surface area contributed by atoms with Gasteiger partial charge in [-0.1, -0.05) is 32.0 Å². The van der Waals surface area contributed by atoms with E-state index in [1.807, 2.05) is 36.4 Å². The molecule has 2 aromatic carbocycles. The Balaban J connectivity index is 1.82. The number of aromatic nitrogens is 1. The molecule has 3 aromatic rings. The van der Waals surface area contributed by atoms with Crippen molar-refractivity contribution in [1.29, 1.82) is 0 Å². The monoisotopic (exact) mass is 304 g/mol. The number of hydrogen-bond acceptors (Lipinski definition) is 2. The second-order valence-electron chi connectivity index (χ2n) is 6.12. The Bertz CT molecular complexity index is 936. The predicted molar refractivity (Wildman–Crippen MR) is 90.0 cm³/mol. The number of carbonyl (C=O) groups excluding carboxylic acids is 2. The topological polar surface area (TPSA) is 53.2 Å². The van der Waals surface area contributed by atoms with Crippen LogP contribution in [0.2, 0.25) is 0 Å². The lowest BCUT2D eigenvalue weighted by Crippen LogP contribution is -2.29. The summed E-state index contributed by atoms with van der Waals surface area (Å²) in [4.78, 5) is 29.8. The predicted octanol–water partition coefficient (Wildman–Crippen LogP) is 4.09. The van der Waals surface area contributed by atoms with E-state index in [9.17, 15) is 9.59 Å². The first-order chi connectivity index (χ1) is 11.1. The van der Waals surface area contributed by atoms with E-state index in [0.29, 0.717) is 22.7 Å². The van der Waals surface area contributed by atoms with Crippen molar-refractivity contribution in [3.8, 4) is 0 Å². The van der Waals surface area contributed by atoms with Crippen LogP contribution in [-0.4, -0.2) is 16.8 Å². The summed E-state index contributed by atoms with van der Waals surface area (Å²) in [5.74, 6) is -0.126. The van der Waals surface area contributed by atoms with Gasteiger partial charge >= 0.3 is 0 Å². The molecule has 0 fully saturated rings. The van der Waals surface area contributed by atoms with Crippen molar-refractivity contribution in [3.05, 3.63) is 65.4 Å². The Morgan fingerprint density at radius 1 is 0.913 bits per heavy atom. The summed E-state index contributed by atoms with van der Waals surface area (Å²) in [7, 11) is 0. The van der Waals surface area contributed by atoms with Crippen LogP contribution < -0.4 is 4.90 Å². The van der Waals surface area contributed by atoms with E-state index in [1.54, 1.807) is 12.3 Å². The molecule has 0 unspecified atom stereocenters. The van der Waals surface area contributed by atoms with Crippen LogP contribution in [0.15, 0.2) is 48.7 Å². The molecule has 1 aliphatic heterocycles. The molecule has 2 amide bonds. The fraction of sp³-hybridized carbons (Fsp3) is 0.158. The summed E-state index contributed by atoms with van der Waals surface area (Å²) in [5.41, 5.74) is 3.43. The van der Waals surface area contributed by atoms with E-state index < -0.39 is 0 Å². The van der Waals surface area contributed by atoms with Gasteiger partial charge in [-0.2, -0.15) is 0 Å². The van der Waals surface area contributed by atoms with Gasteiger partial charge < -0.3 is 4.98 Å². The summed E-state index contributed by atoms with van der Waals surface area (Å²) in [6.45, 7) is 4.22. The number of hydrogen-bond donors (Lipinski definition) is 1. The summed E-state index contributed by atoms with van der Waals surface area (Å²) >= 11 is 0. The van der Waals surface area contributed by atoms with Crippen molar-refractivity contribution in [3.63, 3.8) is 0 Å². The van der Waals surface area contributed by atoms with Gasteiger partial charge in [-0.3, -0.25) is 9.59 Å². The maximum absolute atomic E-state index is 12.8. The molecule has 0 bridgehead atoms. The molecule has 23 heavy (non-hydrogen) atoms. The summed E-state index contributed by atoms with van der Waals surface area (Å²) in [6.07, 6.45) is 1.78. The Kier molecular flexibility index (Phi) is 2.88. The Morgan fingerprint density at radius 3 is 2.35 bits per heavy atom. The number of H-pyrrole nitrogens is 1. The largest absolute Gasteiger partial charge is 0.361 e. The number of aromatic amines is 1. The van der Waals surface area contributed by atoms with Crippen molar-refractivity contribution >= 4 is 28.4 Å². The van der Waals surface area contributed by atoms with Crippen molar-refractivity contribution in [2.24, 2.45) is 0 Å². The van der Waals surface area contributed by atoms with E-state index in [1.165, 1.54) is 10.5 Å². The van der Waals surface area contributed by atoms with Crippen LogP contribution in [0.3, 0.4) is 0 Å². The number of anilines is 1. The lowest BCUT2D eigenvalue weighted by atomic mass is 10.0. The fourth-order valence-electron chi connectivity index (χ4n) is 3.10. The van der Waals surface area contributed by atoms with Gasteiger partial charge in [-0.15, -0.1) is 0 Å². The van der Waals surface area contributed by atoms with Crippen LogP contribution in [0, 0.1) is 0 Å². The molecule has 114 valence electrons. The standard InChI is InChI=1S/C19H16N2O2/c1-11(2)12-3-6-14(7-4-12)21-18(22)15-8-5-13-9-10-20-17(13)16(15)19(21)23/h3-11,20H,1-2H3. The first kappa shape index (κ1) is 13.8. The van der Waals surface area contributed by atoms with Crippen molar-refractivity contribution < 1.29 is 9.59 Å². The molecule has 0 radical (unpaired) electrons. The van der Waals surface area contributed by atoms with Gasteiger partial charge in [0.25, 0.3) is 11.8 Å². The molecule has 1 aliphatic rings. The maximum Gasteiger partial charge on any atom is 0.268 e. The Morgan fingerprint density at radius 2 is 1.65 bits per heavy atom. The number of amides is 2. The smallest absolute Gasteiger partial charge is 0.268 e. The Labute approximate surface area is 133 Å². The number of imide groups is 1. The number of fused-ring (bicyclic) bond motifs is 3. The zero-order valence-electron chi connectivity index (χ0n) is 13.0. The van der Waals surface area contributed by atoms with E-state index >= 15 is 0 Å². The van der Waals surface area contributed by atoms with Gasteiger partial charge in [-0.25, -0.2) is 4.90 Å². The molecule has 0 atom stereocenters. The highest BCUT2D eigenvalue weighted by molar-refractivity contribution is 6.37. The van der Waals surface area contributed by atoms with Gasteiger partial charge in [0, 0.05) is 11.6 Å².